The van der Waals surface area contributed by atoms with E-state index in [4.69, 9.17) is 27.9 Å². The number of H-pyrrole nitrogens is 1. The van der Waals surface area contributed by atoms with Gasteiger partial charge in [-0.25, -0.2) is 0 Å². The molecule has 1 unspecified atom stereocenters. The van der Waals surface area contributed by atoms with Crippen molar-refractivity contribution in [3.8, 4) is 0 Å². The van der Waals surface area contributed by atoms with Crippen molar-refractivity contribution >= 4 is 40.1 Å². The first-order valence-corrected chi connectivity index (χ1v) is 8.59. The monoisotopic (exact) mass is 355 g/mol. The largest absolute Gasteiger partial charge is 0.481 e. The molecule has 1 atom stereocenters. The van der Waals surface area contributed by atoms with Gasteiger partial charge in [0.25, 0.3) is 0 Å². The molecule has 23 heavy (non-hydrogen) atoms. The third kappa shape index (κ3) is 2.84. The van der Waals surface area contributed by atoms with Crippen LogP contribution in [0, 0.1) is 0 Å². The zero-order chi connectivity index (χ0) is 16.6. The summed E-state index contributed by atoms with van der Waals surface area (Å²) < 4.78 is 6.02. The van der Waals surface area contributed by atoms with Crippen LogP contribution >= 0.6 is 23.2 Å². The number of fused-ring (bicyclic) bond motifs is 3. The number of nitrogens with one attached hydrogen (secondary N) is 1. The molecule has 0 radical (unpaired) electrons. The fraction of sp³-hybridized carbons (Fsp3) is 0.471. The van der Waals surface area contributed by atoms with Crippen LogP contribution in [0.2, 0.25) is 10.0 Å². The number of hydrogen-bond acceptors (Lipinski definition) is 2. The Morgan fingerprint density at radius 1 is 1.43 bits per heavy atom. The molecule has 6 heteroatoms. The van der Waals surface area contributed by atoms with Crippen molar-refractivity contribution in [2.75, 3.05) is 6.61 Å². The van der Waals surface area contributed by atoms with Crippen molar-refractivity contribution in [2.24, 2.45) is 0 Å². The Morgan fingerprint density at radius 2 is 2.22 bits per heavy atom. The predicted octanol–water partition coefficient (Wildman–Crippen LogP) is 4.91. The summed E-state index contributed by atoms with van der Waals surface area (Å²) in [5.41, 5.74) is 1.94. The van der Waals surface area contributed by atoms with Gasteiger partial charge in [0, 0.05) is 10.9 Å². The van der Waals surface area contributed by atoms with Gasteiger partial charge in [-0.1, -0.05) is 43.0 Å². The number of unbranched alkanes of at least 4 members (excludes halogenated alkanes) is 1. The summed E-state index contributed by atoms with van der Waals surface area (Å²) in [6, 6.07) is 3.63. The van der Waals surface area contributed by atoms with Gasteiger partial charge in [0.15, 0.2) is 0 Å². The first-order valence-electron chi connectivity index (χ1n) is 7.83. The van der Waals surface area contributed by atoms with Crippen molar-refractivity contribution < 1.29 is 14.6 Å². The van der Waals surface area contributed by atoms with Gasteiger partial charge in [0.1, 0.15) is 5.60 Å². The molecule has 0 aliphatic carbocycles. The molecule has 1 aliphatic heterocycles. The predicted molar refractivity (Wildman–Crippen MR) is 91.4 cm³/mol. The van der Waals surface area contributed by atoms with Gasteiger partial charge in [-0.15, -0.1) is 0 Å². The Labute approximate surface area is 144 Å². The van der Waals surface area contributed by atoms with E-state index in [1.54, 1.807) is 6.07 Å². The lowest BCUT2D eigenvalue weighted by molar-refractivity contribution is -0.149. The minimum Gasteiger partial charge on any atom is -0.481 e. The quantitative estimate of drug-likeness (QED) is 0.800. The van der Waals surface area contributed by atoms with E-state index in [1.165, 1.54) is 0 Å². The summed E-state index contributed by atoms with van der Waals surface area (Å²) in [7, 11) is 0. The van der Waals surface area contributed by atoms with Crippen LogP contribution in [-0.2, 0) is 21.6 Å². The molecule has 0 saturated carbocycles. The molecule has 0 spiro atoms. The maximum Gasteiger partial charge on any atom is 0.306 e. The maximum absolute atomic E-state index is 11.4. The highest BCUT2D eigenvalue weighted by Crippen LogP contribution is 2.45. The average molecular weight is 356 g/mol. The fourth-order valence-electron chi connectivity index (χ4n) is 3.48. The van der Waals surface area contributed by atoms with Crippen molar-refractivity contribution in [3.63, 3.8) is 0 Å². The molecule has 4 nitrogen and oxygen atoms in total. The van der Waals surface area contributed by atoms with E-state index >= 15 is 0 Å². The van der Waals surface area contributed by atoms with E-state index in [-0.39, 0.29) is 6.42 Å². The summed E-state index contributed by atoms with van der Waals surface area (Å²) in [4.78, 5) is 14.8. The van der Waals surface area contributed by atoms with E-state index in [1.807, 2.05) is 6.07 Å². The van der Waals surface area contributed by atoms with Gasteiger partial charge >= 0.3 is 5.97 Å². The number of hydrogen-bond donors (Lipinski definition) is 2. The van der Waals surface area contributed by atoms with Gasteiger partial charge in [-0.05, 0) is 30.5 Å². The molecule has 124 valence electrons. The number of ether oxygens (including phenoxy) is 1. The molecule has 1 aliphatic rings. The van der Waals surface area contributed by atoms with Gasteiger partial charge in [-0.3, -0.25) is 4.79 Å². The van der Waals surface area contributed by atoms with Crippen LogP contribution in [0.3, 0.4) is 0 Å². The Kier molecular flexibility index (Phi) is 4.59. The van der Waals surface area contributed by atoms with Gasteiger partial charge in [0.2, 0.25) is 0 Å². The molecule has 0 bridgehead atoms. The van der Waals surface area contributed by atoms with E-state index < -0.39 is 11.6 Å². The Balaban J connectivity index is 2.20. The van der Waals surface area contributed by atoms with E-state index in [2.05, 4.69) is 11.9 Å². The number of benzene rings is 1. The second-order valence-electron chi connectivity index (χ2n) is 6.03. The summed E-state index contributed by atoms with van der Waals surface area (Å²) >= 11 is 12.6. The first-order chi connectivity index (χ1) is 11.0. The number of halogens is 2. The third-order valence-corrected chi connectivity index (χ3v) is 5.32. The zero-order valence-corrected chi connectivity index (χ0v) is 14.4. The highest BCUT2D eigenvalue weighted by atomic mass is 35.5. The molecular formula is C17H19Cl2NO3. The Morgan fingerprint density at radius 3 is 2.91 bits per heavy atom. The van der Waals surface area contributed by atoms with Gasteiger partial charge in [-0.2, -0.15) is 0 Å². The molecule has 3 rings (SSSR count). The SMILES string of the molecule is CCCCC1(CC(=O)O)OCCc2c1[nH]c1ccc(Cl)c(Cl)c21. The lowest BCUT2D eigenvalue weighted by atomic mass is 9.84. The van der Waals surface area contributed by atoms with Crippen LogP contribution in [0.1, 0.15) is 43.9 Å². The van der Waals surface area contributed by atoms with Crippen LogP contribution in [0.5, 0.6) is 0 Å². The summed E-state index contributed by atoms with van der Waals surface area (Å²) in [6.45, 7) is 2.57. The second-order valence-corrected chi connectivity index (χ2v) is 6.81. The minimum absolute atomic E-state index is 0.0574. The third-order valence-electron chi connectivity index (χ3n) is 4.52. The second kappa shape index (κ2) is 6.34. The zero-order valence-electron chi connectivity index (χ0n) is 12.9. The van der Waals surface area contributed by atoms with E-state index in [0.29, 0.717) is 29.5 Å². The highest BCUT2D eigenvalue weighted by Gasteiger charge is 2.42. The summed E-state index contributed by atoms with van der Waals surface area (Å²) in [5.74, 6) is -0.864. The van der Waals surface area contributed by atoms with Crippen molar-refractivity contribution in [1.82, 2.24) is 4.98 Å². The molecular weight excluding hydrogens is 337 g/mol. The average Bonchev–Trinajstić information content (AvgIpc) is 2.89. The maximum atomic E-state index is 11.4. The molecule has 1 aromatic carbocycles. The highest BCUT2D eigenvalue weighted by molar-refractivity contribution is 6.45. The minimum atomic E-state index is -0.864. The van der Waals surface area contributed by atoms with Crippen LogP contribution in [0.15, 0.2) is 12.1 Å². The smallest absolute Gasteiger partial charge is 0.306 e. The van der Waals surface area contributed by atoms with Crippen molar-refractivity contribution in [3.05, 3.63) is 33.4 Å². The summed E-state index contributed by atoms with van der Waals surface area (Å²) in [5, 5.41) is 11.3. The lowest BCUT2D eigenvalue weighted by Gasteiger charge is -2.36. The summed E-state index contributed by atoms with van der Waals surface area (Å²) in [6.07, 6.45) is 3.19. The first kappa shape index (κ1) is 16.6. The fourth-order valence-corrected chi connectivity index (χ4v) is 3.91. The number of aromatic nitrogens is 1. The number of carbonyl (C=O) groups is 1. The number of aliphatic carboxylic acids is 1. The van der Waals surface area contributed by atoms with Crippen molar-refractivity contribution in [2.45, 2.75) is 44.6 Å². The van der Waals surface area contributed by atoms with E-state index in [9.17, 15) is 9.90 Å². The van der Waals surface area contributed by atoms with Gasteiger partial charge in [0.05, 0.1) is 28.8 Å². The molecule has 1 aromatic heterocycles. The van der Waals surface area contributed by atoms with Crippen LogP contribution < -0.4 is 0 Å². The molecule has 2 N–H and O–H groups in total. The van der Waals surface area contributed by atoms with Crippen LogP contribution in [-0.4, -0.2) is 22.7 Å². The van der Waals surface area contributed by atoms with Crippen molar-refractivity contribution in [1.29, 1.82) is 0 Å². The number of carboxylic acid groups (broad SMARTS) is 1. The number of carboxylic acids is 1. The van der Waals surface area contributed by atoms with Crippen LogP contribution in [0.4, 0.5) is 0 Å². The lowest BCUT2D eigenvalue weighted by Crippen LogP contribution is -2.38. The van der Waals surface area contributed by atoms with Crippen LogP contribution in [0.25, 0.3) is 10.9 Å². The molecule has 2 aromatic rings. The van der Waals surface area contributed by atoms with E-state index in [0.717, 1.165) is 35.0 Å². The number of aromatic amines is 1. The molecule has 0 amide bonds. The Bertz CT molecular complexity index is 756. The molecule has 0 saturated heterocycles. The molecule has 2 heterocycles. The molecule has 0 fully saturated rings. The number of rotatable bonds is 5. The standard InChI is InChI=1S/C17H19Cl2NO3/c1-2-3-7-17(9-13(21)22)16-10(6-8-23-17)14-12(20-16)5-4-11(18)15(14)19/h4-5,20H,2-3,6-9H2,1H3,(H,21,22). The van der Waals surface area contributed by atoms with Gasteiger partial charge < -0.3 is 14.8 Å². The normalized spacial score (nSPS) is 20.7. The Hall–Kier alpha value is -1.23. The topological polar surface area (TPSA) is 62.3 Å².